The van der Waals surface area contributed by atoms with Gasteiger partial charge < -0.3 is 14.9 Å². The number of carboxylic acid groups (broad SMARTS) is 2. The number of carbonyl (C=O) groups is 2. The van der Waals surface area contributed by atoms with Crippen LogP contribution in [0.25, 0.3) is 6.08 Å². The number of ether oxygens (including phenoxy) is 1. The van der Waals surface area contributed by atoms with E-state index in [1.165, 1.54) is 6.08 Å². The van der Waals surface area contributed by atoms with Crippen molar-refractivity contribution in [2.75, 3.05) is 7.11 Å². The van der Waals surface area contributed by atoms with Gasteiger partial charge in [-0.25, -0.2) is 9.59 Å². The number of rotatable bonds is 5. The fourth-order valence-electron chi connectivity index (χ4n) is 1.25. The van der Waals surface area contributed by atoms with E-state index < -0.39 is 17.5 Å². The fourth-order valence-corrected chi connectivity index (χ4v) is 1.25. The van der Waals surface area contributed by atoms with Crippen LogP contribution < -0.4 is 0 Å². The van der Waals surface area contributed by atoms with Gasteiger partial charge >= 0.3 is 11.9 Å². The SMILES string of the molecule is COC(C=Cc1ccccc1)(C(=O)O)C(=O)O. The van der Waals surface area contributed by atoms with Crippen LogP contribution in [0.1, 0.15) is 5.56 Å². The van der Waals surface area contributed by atoms with Gasteiger partial charge in [-0.15, -0.1) is 0 Å². The van der Waals surface area contributed by atoms with Gasteiger partial charge in [-0.2, -0.15) is 0 Å². The molecule has 0 atom stereocenters. The van der Waals surface area contributed by atoms with Crippen molar-refractivity contribution in [3.8, 4) is 0 Å². The third kappa shape index (κ3) is 2.70. The standard InChI is InChI=1S/C12H12O5/c1-17-12(10(13)14,11(15)16)8-7-9-5-3-2-4-6-9/h2-8H,1H3,(H,13,14)(H,15,16). The highest BCUT2D eigenvalue weighted by Gasteiger charge is 2.44. The van der Waals surface area contributed by atoms with Gasteiger partial charge in [-0.05, 0) is 11.6 Å². The van der Waals surface area contributed by atoms with E-state index in [4.69, 9.17) is 10.2 Å². The Kier molecular flexibility index (Phi) is 4.01. The molecule has 5 heteroatoms. The van der Waals surface area contributed by atoms with Gasteiger partial charge in [0.25, 0.3) is 5.60 Å². The highest BCUT2D eigenvalue weighted by Crippen LogP contribution is 2.15. The molecule has 0 aliphatic carbocycles. The summed E-state index contributed by atoms with van der Waals surface area (Å²) in [6.45, 7) is 0. The number of hydrogen-bond acceptors (Lipinski definition) is 3. The Bertz CT molecular complexity index is 421. The number of benzene rings is 1. The molecule has 0 aliphatic rings. The molecule has 0 heterocycles. The Balaban J connectivity index is 3.07. The van der Waals surface area contributed by atoms with Crippen LogP contribution in [-0.2, 0) is 14.3 Å². The van der Waals surface area contributed by atoms with Gasteiger partial charge in [0, 0.05) is 7.11 Å². The lowest BCUT2D eigenvalue weighted by molar-refractivity contribution is -0.173. The van der Waals surface area contributed by atoms with Crippen molar-refractivity contribution in [1.82, 2.24) is 0 Å². The molecular weight excluding hydrogens is 224 g/mol. The summed E-state index contributed by atoms with van der Waals surface area (Å²) in [7, 11) is 1.04. The molecule has 1 aromatic rings. The van der Waals surface area contributed by atoms with Crippen molar-refractivity contribution in [1.29, 1.82) is 0 Å². The van der Waals surface area contributed by atoms with Gasteiger partial charge in [0.2, 0.25) is 0 Å². The van der Waals surface area contributed by atoms with Crippen LogP contribution in [0.2, 0.25) is 0 Å². The lowest BCUT2D eigenvalue weighted by atomic mass is 10.0. The summed E-state index contributed by atoms with van der Waals surface area (Å²) >= 11 is 0. The van der Waals surface area contributed by atoms with Crippen LogP contribution >= 0.6 is 0 Å². The minimum absolute atomic E-state index is 0.691. The average molecular weight is 236 g/mol. The van der Waals surface area contributed by atoms with Crippen LogP contribution in [-0.4, -0.2) is 34.9 Å². The Labute approximate surface area is 98.0 Å². The smallest absolute Gasteiger partial charge is 0.352 e. The van der Waals surface area contributed by atoms with E-state index in [0.29, 0.717) is 5.56 Å². The van der Waals surface area contributed by atoms with Crippen molar-refractivity contribution in [2.45, 2.75) is 5.60 Å². The van der Waals surface area contributed by atoms with Crippen molar-refractivity contribution in [2.24, 2.45) is 0 Å². The number of hydrogen-bond donors (Lipinski definition) is 2. The third-order valence-electron chi connectivity index (χ3n) is 2.27. The molecule has 0 fully saturated rings. The lowest BCUT2D eigenvalue weighted by Gasteiger charge is -2.18. The first kappa shape index (κ1) is 12.9. The normalized spacial score (nSPS) is 11.6. The molecule has 0 bridgehead atoms. The van der Waals surface area contributed by atoms with E-state index in [0.717, 1.165) is 13.2 Å². The van der Waals surface area contributed by atoms with E-state index in [9.17, 15) is 9.59 Å². The molecule has 1 rings (SSSR count). The second kappa shape index (κ2) is 5.27. The van der Waals surface area contributed by atoms with E-state index in [1.54, 1.807) is 30.3 Å². The summed E-state index contributed by atoms with van der Waals surface area (Å²) in [5.74, 6) is -3.14. The zero-order valence-electron chi connectivity index (χ0n) is 9.16. The molecule has 0 aliphatic heterocycles. The monoisotopic (exact) mass is 236 g/mol. The molecule has 1 aromatic carbocycles. The van der Waals surface area contributed by atoms with Gasteiger partial charge in [0.05, 0.1) is 0 Å². The minimum Gasteiger partial charge on any atom is -0.478 e. The molecule has 0 radical (unpaired) electrons. The second-order valence-electron chi connectivity index (χ2n) is 3.29. The summed E-state index contributed by atoms with van der Waals surface area (Å²) in [6.07, 6.45) is 2.40. The molecule has 0 spiro atoms. The zero-order chi connectivity index (χ0) is 12.9. The van der Waals surface area contributed by atoms with E-state index in [-0.39, 0.29) is 0 Å². The number of methoxy groups -OCH3 is 1. The Hall–Kier alpha value is -2.14. The van der Waals surface area contributed by atoms with Crippen LogP contribution in [0.15, 0.2) is 36.4 Å². The van der Waals surface area contributed by atoms with Crippen molar-refractivity contribution in [3.05, 3.63) is 42.0 Å². The molecule has 0 saturated heterocycles. The summed E-state index contributed by atoms with van der Waals surface area (Å²) < 4.78 is 4.60. The van der Waals surface area contributed by atoms with Gasteiger partial charge in [0.1, 0.15) is 0 Å². The van der Waals surface area contributed by atoms with Gasteiger partial charge in [-0.3, -0.25) is 0 Å². The molecule has 0 amide bonds. The lowest BCUT2D eigenvalue weighted by Crippen LogP contribution is -2.46. The Morgan fingerprint density at radius 1 is 1.18 bits per heavy atom. The quantitative estimate of drug-likeness (QED) is 0.752. The molecule has 0 aromatic heterocycles. The molecule has 90 valence electrons. The maximum atomic E-state index is 11.0. The third-order valence-corrected chi connectivity index (χ3v) is 2.27. The van der Waals surface area contributed by atoms with Crippen LogP contribution in [0.5, 0.6) is 0 Å². The van der Waals surface area contributed by atoms with Crippen LogP contribution in [0.4, 0.5) is 0 Å². The van der Waals surface area contributed by atoms with E-state index >= 15 is 0 Å². The number of carboxylic acids is 2. The van der Waals surface area contributed by atoms with Gasteiger partial charge in [-0.1, -0.05) is 36.4 Å². The highest BCUT2D eigenvalue weighted by atomic mass is 16.5. The maximum Gasteiger partial charge on any atom is 0.352 e. The topological polar surface area (TPSA) is 83.8 Å². The first-order valence-corrected chi connectivity index (χ1v) is 4.79. The van der Waals surface area contributed by atoms with Crippen molar-refractivity contribution >= 4 is 18.0 Å². The summed E-state index contributed by atoms with van der Waals surface area (Å²) in [5, 5.41) is 17.8. The van der Waals surface area contributed by atoms with E-state index in [1.807, 2.05) is 0 Å². The summed E-state index contributed by atoms with van der Waals surface area (Å²) in [6, 6.07) is 8.77. The second-order valence-corrected chi connectivity index (χ2v) is 3.29. The summed E-state index contributed by atoms with van der Waals surface area (Å²) in [5.41, 5.74) is -1.66. The Morgan fingerprint density at radius 3 is 2.12 bits per heavy atom. The average Bonchev–Trinajstić information content (AvgIpc) is 2.31. The molecule has 0 unspecified atom stereocenters. The first-order valence-electron chi connectivity index (χ1n) is 4.79. The minimum atomic E-state index is -2.35. The van der Waals surface area contributed by atoms with Crippen LogP contribution in [0.3, 0.4) is 0 Å². The molecule has 0 saturated carbocycles. The Morgan fingerprint density at radius 2 is 1.71 bits per heavy atom. The molecule has 17 heavy (non-hydrogen) atoms. The van der Waals surface area contributed by atoms with Crippen molar-refractivity contribution in [3.63, 3.8) is 0 Å². The molecular formula is C12H12O5. The molecule has 5 nitrogen and oxygen atoms in total. The zero-order valence-corrected chi connectivity index (χ0v) is 9.16. The first-order chi connectivity index (χ1) is 8.03. The van der Waals surface area contributed by atoms with Crippen LogP contribution in [0, 0.1) is 0 Å². The predicted molar refractivity (Wildman–Crippen MR) is 60.5 cm³/mol. The van der Waals surface area contributed by atoms with Crippen molar-refractivity contribution < 1.29 is 24.5 Å². The number of aliphatic carboxylic acids is 2. The molecule has 2 N–H and O–H groups in total. The largest absolute Gasteiger partial charge is 0.478 e. The van der Waals surface area contributed by atoms with Gasteiger partial charge in [0.15, 0.2) is 0 Å². The summed E-state index contributed by atoms with van der Waals surface area (Å²) in [4.78, 5) is 21.9. The van der Waals surface area contributed by atoms with E-state index in [2.05, 4.69) is 4.74 Å². The highest BCUT2D eigenvalue weighted by molar-refractivity contribution is 6.05. The maximum absolute atomic E-state index is 11.0. The predicted octanol–water partition coefficient (Wildman–Crippen LogP) is 1.25. The fraction of sp³-hybridized carbons (Fsp3) is 0.167.